The summed E-state index contributed by atoms with van der Waals surface area (Å²) in [6.45, 7) is 0. The highest BCUT2D eigenvalue weighted by molar-refractivity contribution is 7.81. The molecule has 0 heterocycles. The number of halogens is 1. The van der Waals surface area contributed by atoms with Crippen molar-refractivity contribution in [1.29, 1.82) is 0 Å². The Bertz CT molecular complexity index is 172. The first-order valence-corrected chi connectivity index (χ1v) is 3.97. The molecular weight excluding hydrogens is 143 g/mol. The van der Waals surface area contributed by atoms with Gasteiger partial charge in [0.25, 0.3) is 0 Å². The van der Waals surface area contributed by atoms with E-state index in [0.717, 1.165) is 0 Å². The van der Waals surface area contributed by atoms with Gasteiger partial charge in [-0.15, -0.1) is 0 Å². The number of hydrogen-bond donors (Lipinski definition) is 1. The van der Waals surface area contributed by atoms with Gasteiger partial charge in [-0.05, 0) is 0 Å². The minimum atomic E-state index is -1.79. The Morgan fingerprint density at radius 1 is 1.44 bits per heavy atom. The van der Waals surface area contributed by atoms with Crippen LogP contribution in [0.15, 0.2) is 0 Å². The van der Waals surface area contributed by atoms with E-state index in [-0.39, 0.29) is 0 Å². The maximum Gasteiger partial charge on any atom is 0.159 e. The Morgan fingerprint density at radius 3 is 2.00 bits per heavy atom. The largest absolute Gasteiger partial charge is 0.306 e. The standard InChI is InChI=1S/C5H7FO2S/c6-4-1-5(2-4,3-4)9(7)8/h1-3H2,(H,7,8). The van der Waals surface area contributed by atoms with Crippen LogP contribution in [0, 0.1) is 0 Å². The van der Waals surface area contributed by atoms with Gasteiger partial charge in [-0.2, -0.15) is 0 Å². The molecule has 3 fully saturated rings. The van der Waals surface area contributed by atoms with Crippen LogP contribution in [0.3, 0.4) is 0 Å². The van der Waals surface area contributed by atoms with Crippen LogP contribution in [0.2, 0.25) is 0 Å². The molecule has 3 aliphatic carbocycles. The molecule has 3 aliphatic rings. The van der Waals surface area contributed by atoms with Gasteiger partial charge in [0.1, 0.15) is 5.67 Å². The van der Waals surface area contributed by atoms with E-state index in [9.17, 15) is 8.60 Å². The summed E-state index contributed by atoms with van der Waals surface area (Å²) in [7, 11) is 0. The maximum atomic E-state index is 12.6. The maximum absolute atomic E-state index is 12.6. The van der Waals surface area contributed by atoms with E-state index < -0.39 is 21.5 Å². The van der Waals surface area contributed by atoms with Crippen molar-refractivity contribution >= 4 is 11.1 Å². The first-order chi connectivity index (χ1) is 4.06. The third kappa shape index (κ3) is 0.508. The second-order valence-electron chi connectivity index (χ2n) is 3.11. The van der Waals surface area contributed by atoms with E-state index in [2.05, 4.69) is 0 Å². The normalized spacial score (nSPS) is 57.6. The van der Waals surface area contributed by atoms with Gasteiger partial charge in [-0.3, -0.25) is 0 Å². The van der Waals surface area contributed by atoms with Crippen LogP contribution in [0.25, 0.3) is 0 Å². The zero-order valence-corrected chi connectivity index (χ0v) is 5.58. The predicted molar refractivity (Wildman–Crippen MR) is 31.2 cm³/mol. The molecule has 0 aliphatic heterocycles. The van der Waals surface area contributed by atoms with Crippen LogP contribution >= 0.6 is 0 Å². The number of hydrogen-bond acceptors (Lipinski definition) is 1. The van der Waals surface area contributed by atoms with Crippen LogP contribution in [0.1, 0.15) is 19.3 Å². The van der Waals surface area contributed by atoms with E-state index in [1.165, 1.54) is 0 Å². The molecule has 2 bridgehead atoms. The molecule has 0 aromatic rings. The minimum absolute atomic E-state index is 0.309. The van der Waals surface area contributed by atoms with E-state index >= 15 is 0 Å². The third-order valence-electron chi connectivity index (χ3n) is 2.29. The molecule has 0 amide bonds. The van der Waals surface area contributed by atoms with Crippen molar-refractivity contribution in [3.8, 4) is 0 Å². The van der Waals surface area contributed by atoms with Crippen LogP contribution in [-0.2, 0) is 11.1 Å². The van der Waals surface area contributed by atoms with Gasteiger partial charge in [-0.1, -0.05) is 0 Å². The minimum Gasteiger partial charge on any atom is -0.306 e. The van der Waals surface area contributed by atoms with E-state index in [1.807, 2.05) is 0 Å². The summed E-state index contributed by atoms with van der Waals surface area (Å²) < 4.78 is 31.1. The fourth-order valence-electron chi connectivity index (χ4n) is 1.76. The van der Waals surface area contributed by atoms with Crippen molar-refractivity contribution < 1.29 is 13.2 Å². The Hall–Kier alpha value is 0.0400. The molecule has 1 N–H and O–H groups in total. The predicted octanol–water partition coefficient (Wildman–Crippen LogP) is 0.853. The van der Waals surface area contributed by atoms with Gasteiger partial charge < -0.3 is 4.55 Å². The van der Waals surface area contributed by atoms with E-state index in [1.54, 1.807) is 0 Å². The smallest absolute Gasteiger partial charge is 0.159 e. The summed E-state index contributed by atoms with van der Waals surface area (Å²) in [6.07, 6.45) is 0.926. The van der Waals surface area contributed by atoms with Gasteiger partial charge in [0.15, 0.2) is 11.1 Å². The molecule has 0 saturated heterocycles. The van der Waals surface area contributed by atoms with Crippen molar-refractivity contribution in [1.82, 2.24) is 0 Å². The average molecular weight is 150 g/mol. The van der Waals surface area contributed by atoms with Crippen LogP contribution < -0.4 is 0 Å². The fourth-order valence-corrected chi connectivity index (χ4v) is 2.91. The van der Waals surface area contributed by atoms with Gasteiger partial charge in [0.2, 0.25) is 0 Å². The van der Waals surface area contributed by atoms with Crippen LogP contribution in [0.4, 0.5) is 4.39 Å². The first kappa shape index (κ1) is 5.80. The molecule has 3 rings (SSSR count). The van der Waals surface area contributed by atoms with Gasteiger partial charge in [0, 0.05) is 19.3 Å². The summed E-state index contributed by atoms with van der Waals surface area (Å²) in [6, 6.07) is 0. The molecule has 0 radical (unpaired) electrons. The molecule has 4 heteroatoms. The number of rotatable bonds is 1. The molecule has 3 saturated carbocycles. The van der Waals surface area contributed by atoms with Crippen molar-refractivity contribution in [2.75, 3.05) is 0 Å². The lowest BCUT2D eigenvalue weighted by molar-refractivity contribution is -0.107. The lowest BCUT2D eigenvalue weighted by atomic mass is 9.53. The van der Waals surface area contributed by atoms with Crippen LogP contribution in [-0.4, -0.2) is 19.2 Å². The number of alkyl halides is 1. The molecule has 2 nitrogen and oxygen atoms in total. The fraction of sp³-hybridized carbons (Fsp3) is 1.00. The molecule has 1 unspecified atom stereocenters. The molecule has 9 heavy (non-hydrogen) atoms. The Morgan fingerprint density at radius 2 is 1.89 bits per heavy atom. The van der Waals surface area contributed by atoms with E-state index in [0.29, 0.717) is 19.3 Å². The molecular formula is C5H7FO2S. The highest BCUT2D eigenvalue weighted by Gasteiger charge is 2.72. The molecule has 52 valence electrons. The Kier molecular flexibility index (Phi) is 0.789. The van der Waals surface area contributed by atoms with Gasteiger partial charge in [0.05, 0.1) is 4.75 Å². The lowest BCUT2D eigenvalue weighted by Gasteiger charge is -2.63. The summed E-state index contributed by atoms with van der Waals surface area (Å²) in [5.74, 6) is 0. The highest BCUT2D eigenvalue weighted by atomic mass is 32.2. The second-order valence-corrected chi connectivity index (χ2v) is 4.48. The van der Waals surface area contributed by atoms with E-state index in [4.69, 9.17) is 4.55 Å². The molecule has 0 spiro atoms. The zero-order valence-electron chi connectivity index (χ0n) is 4.76. The Balaban J connectivity index is 2.13. The van der Waals surface area contributed by atoms with Crippen molar-refractivity contribution in [2.24, 2.45) is 0 Å². The zero-order chi connectivity index (χ0) is 6.70. The van der Waals surface area contributed by atoms with Gasteiger partial charge >= 0.3 is 0 Å². The SMILES string of the molecule is O=S(O)C12CC(F)(C1)C2. The Labute approximate surface area is 54.7 Å². The molecule has 0 aromatic carbocycles. The third-order valence-corrected chi connectivity index (χ3v) is 3.46. The van der Waals surface area contributed by atoms with Crippen LogP contribution in [0.5, 0.6) is 0 Å². The van der Waals surface area contributed by atoms with Crippen molar-refractivity contribution in [2.45, 2.75) is 29.7 Å². The first-order valence-electron chi connectivity index (χ1n) is 2.86. The molecule has 1 atom stereocenters. The monoisotopic (exact) mass is 150 g/mol. The summed E-state index contributed by atoms with van der Waals surface area (Å²) in [5, 5.41) is 0. The van der Waals surface area contributed by atoms with Crippen molar-refractivity contribution in [3.05, 3.63) is 0 Å². The van der Waals surface area contributed by atoms with Crippen molar-refractivity contribution in [3.63, 3.8) is 0 Å². The second kappa shape index (κ2) is 1.22. The van der Waals surface area contributed by atoms with Gasteiger partial charge in [-0.25, -0.2) is 8.60 Å². The summed E-state index contributed by atoms with van der Waals surface area (Å²) in [4.78, 5) is 0. The summed E-state index contributed by atoms with van der Waals surface area (Å²) >= 11 is -1.79. The quantitative estimate of drug-likeness (QED) is 0.563. The highest BCUT2D eigenvalue weighted by Crippen LogP contribution is 2.65. The topological polar surface area (TPSA) is 37.3 Å². The molecule has 0 aromatic heterocycles. The average Bonchev–Trinajstić information content (AvgIpc) is 1.54. The lowest BCUT2D eigenvalue weighted by Crippen LogP contribution is -2.71. The summed E-state index contributed by atoms with van der Waals surface area (Å²) in [5.41, 5.74) is -1.04.